The normalized spacial score (nSPS) is 18.4. The van der Waals surface area contributed by atoms with Crippen molar-refractivity contribution < 1.29 is 9.53 Å². The van der Waals surface area contributed by atoms with Crippen molar-refractivity contribution in [1.29, 1.82) is 0 Å². The van der Waals surface area contributed by atoms with Crippen molar-refractivity contribution in [3.05, 3.63) is 29.6 Å². The molecule has 0 spiro atoms. The van der Waals surface area contributed by atoms with Gasteiger partial charge in [0.25, 0.3) is 5.91 Å². The summed E-state index contributed by atoms with van der Waals surface area (Å²) < 4.78 is 7.33. The monoisotopic (exact) mass is 288 g/mol. The van der Waals surface area contributed by atoms with Crippen molar-refractivity contribution in [3.8, 4) is 0 Å². The molecular formula is C15H20N4O2. The first kappa shape index (κ1) is 14.0. The molecule has 2 heterocycles. The summed E-state index contributed by atoms with van der Waals surface area (Å²) in [7, 11) is 1.68. The van der Waals surface area contributed by atoms with Crippen LogP contribution in [0.5, 0.6) is 0 Å². The van der Waals surface area contributed by atoms with Gasteiger partial charge in [-0.3, -0.25) is 4.79 Å². The Bertz CT molecular complexity index is 659. The van der Waals surface area contributed by atoms with Crippen molar-refractivity contribution >= 4 is 16.9 Å². The number of para-hydroxylation sites is 1. The van der Waals surface area contributed by atoms with Crippen molar-refractivity contribution in [3.63, 3.8) is 0 Å². The molecule has 6 heteroatoms. The fraction of sp³-hybridized carbons (Fsp3) is 0.467. The van der Waals surface area contributed by atoms with Crippen LogP contribution in [0.15, 0.2) is 18.2 Å². The highest BCUT2D eigenvalue weighted by Crippen LogP contribution is 2.28. The average molecular weight is 288 g/mol. The molecule has 1 amide bonds. The Balaban J connectivity index is 2.15. The molecule has 0 bridgehead atoms. The summed E-state index contributed by atoms with van der Waals surface area (Å²) >= 11 is 0. The van der Waals surface area contributed by atoms with Crippen LogP contribution in [-0.2, 0) is 11.3 Å². The summed E-state index contributed by atoms with van der Waals surface area (Å²) in [5.74, 6) is 0.524. The second-order valence-corrected chi connectivity index (χ2v) is 5.30. The summed E-state index contributed by atoms with van der Waals surface area (Å²) in [6, 6.07) is 5.78. The van der Waals surface area contributed by atoms with Gasteiger partial charge in [0.15, 0.2) is 0 Å². The van der Waals surface area contributed by atoms with Crippen molar-refractivity contribution in [2.24, 2.45) is 5.73 Å². The van der Waals surface area contributed by atoms with E-state index in [4.69, 9.17) is 15.5 Å². The molecule has 112 valence electrons. The molecule has 0 radical (unpaired) electrons. The average Bonchev–Trinajstić information content (AvgIpc) is 3.11. The third-order valence-electron chi connectivity index (χ3n) is 3.96. The third-order valence-corrected chi connectivity index (χ3v) is 3.96. The summed E-state index contributed by atoms with van der Waals surface area (Å²) in [6.45, 7) is 2.32. The molecule has 6 nitrogen and oxygen atoms in total. The second kappa shape index (κ2) is 5.83. The minimum atomic E-state index is -0.442. The van der Waals surface area contributed by atoms with Gasteiger partial charge in [-0.05, 0) is 31.5 Å². The Morgan fingerprint density at radius 1 is 1.57 bits per heavy atom. The quantitative estimate of drug-likeness (QED) is 0.866. The number of amides is 1. The van der Waals surface area contributed by atoms with Gasteiger partial charge in [0.2, 0.25) is 0 Å². The molecule has 1 unspecified atom stereocenters. The molecule has 1 aliphatic heterocycles. The Kier molecular flexibility index (Phi) is 3.90. The largest absolute Gasteiger partial charge is 0.383 e. The predicted molar refractivity (Wildman–Crippen MR) is 80.1 cm³/mol. The van der Waals surface area contributed by atoms with E-state index in [1.165, 1.54) is 0 Å². The van der Waals surface area contributed by atoms with E-state index in [1.807, 2.05) is 12.1 Å². The number of carbonyl (C=O) groups is 1. The zero-order valence-electron chi connectivity index (χ0n) is 12.1. The Morgan fingerprint density at radius 2 is 2.43 bits per heavy atom. The third kappa shape index (κ3) is 2.52. The molecule has 21 heavy (non-hydrogen) atoms. The highest BCUT2D eigenvalue weighted by Gasteiger charge is 2.24. The maximum atomic E-state index is 11.6. The van der Waals surface area contributed by atoms with Gasteiger partial charge in [0.05, 0.1) is 23.7 Å². The zero-order chi connectivity index (χ0) is 14.8. The lowest BCUT2D eigenvalue weighted by molar-refractivity contribution is 0.100. The fourth-order valence-corrected chi connectivity index (χ4v) is 2.95. The van der Waals surface area contributed by atoms with Gasteiger partial charge in [-0.2, -0.15) is 0 Å². The number of imidazole rings is 1. The number of primary amides is 1. The Hall–Kier alpha value is -1.92. The van der Waals surface area contributed by atoms with E-state index in [2.05, 4.69) is 9.88 Å². The standard InChI is InChI=1S/C15H20N4O2/c1-21-9-8-19-12-6-2-4-10(14(16)20)13(12)18-15(19)11-5-3-7-17-11/h2,4,6,11,17H,3,5,7-9H2,1H3,(H2,16,20). The molecule has 3 N–H and O–H groups in total. The number of aromatic nitrogens is 2. The van der Waals surface area contributed by atoms with Crippen molar-refractivity contribution in [1.82, 2.24) is 14.9 Å². The predicted octanol–water partition coefficient (Wildman–Crippen LogP) is 1.21. The first-order chi connectivity index (χ1) is 10.2. The Morgan fingerprint density at radius 3 is 3.10 bits per heavy atom. The molecule has 1 aromatic carbocycles. The number of nitrogens with zero attached hydrogens (tertiary/aromatic N) is 2. The van der Waals surface area contributed by atoms with Crippen LogP contribution < -0.4 is 11.1 Å². The molecule has 1 fully saturated rings. The first-order valence-corrected chi connectivity index (χ1v) is 7.23. The first-order valence-electron chi connectivity index (χ1n) is 7.23. The van der Waals surface area contributed by atoms with Gasteiger partial charge in [-0.25, -0.2) is 4.98 Å². The molecule has 3 rings (SSSR count). The van der Waals surface area contributed by atoms with Gasteiger partial charge >= 0.3 is 0 Å². The minimum absolute atomic E-state index is 0.231. The number of hydrogen-bond donors (Lipinski definition) is 2. The minimum Gasteiger partial charge on any atom is -0.383 e. The van der Waals surface area contributed by atoms with E-state index in [1.54, 1.807) is 13.2 Å². The molecule has 2 aromatic rings. The van der Waals surface area contributed by atoms with Gasteiger partial charge in [-0.15, -0.1) is 0 Å². The van der Waals surface area contributed by atoms with Crippen LogP contribution >= 0.6 is 0 Å². The SMILES string of the molecule is COCCn1c(C2CCCN2)nc2c(C(N)=O)cccc21. The van der Waals surface area contributed by atoms with Crippen LogP contribution in [0, 0.1) is 0 Å². The number of nitrogens with one attached hydrogen (secondary N) is 1. The zero-order valence-corrected chi connectivity index (χ0v) is 12.1. The number of fused-ring (bicyclic) bond motifs is 1. The topological polar surface area (TPSA) is 82.2 Å². The van der Waals surface area contributed by atoms with Gasteiger partial charge in [0, 0.05) is 13.7 Å². The lowest BCUT2D eigenvalue weighted by Crippen LogP contribution is -2.19. The van der Waals surface area contributed by atoms with Crippen LogP contribution in [0.25, 0.3) is 11.0 Å². The summed E-state index contributed by atoms with van der Waals surface area (Å²) in [4.78, 5) is 16.3. The molecule has 1 aliphatic rings. The van der Waals surface area contributed by atoms with Crippen LogP contribution in [0.1, 0.15) is 35.1 Å². The van der Waals surface area contributed by atoms with E-state index in [-0.39, 0.29) is 6.04 Å². The van der Waals surface area contributed by atoms with E-state index in [0.717, 1.165) is 30.7 Å². The highest BCUT2D eigenvalue weighted by atomic mass is 16.5. The number of carbonyl (C=O) groups excluding carboxylic acids is 1. The van der Waals surface area contributed by atoms with Crippen LogP contribution in [-0.4, -0.2) is 35.7 Å². The number of rotatable bonds is 5. The molecular weight excluding hydrogens is 268 g/mol. The molecule has 1 saturated heterocycles. The Labute approximate surface area is 123 Å². The summed E-state index contributed by atoms with van der Waals surface area (Å²) in [6.07, 6.45) is 2.20. The smallest absolute Gasteiger partial charge is 0.250 e. The van der Waals surface area contributed by atoms with E-state index in [9.17, 15) is 4.79 Å². The number of nitrogens with two attached hydrogens (primary N) is 1. The lowest BCUT2D eigenvalue weighted by atomic mass is 10.2. The van der Waals surface area contributed by atoms with E-state index < -0.39 is 5.91 Å². The molecule has 0 aliphatic carbocycles. The fourth-order valence-electron chi connectivity index (χ4n) is 2.95. The van der Waals surface area contributed by atoms with Crippen LogP contribution in [0.4, 0.5) is 0 Å². The maximum absolute atomic E-state index is 11.6. The van der Waals surface area contributed by atoms with Crippen LogP contribution in [0.2, 0.25) is 0 Å². The van der Waals surface area contributed by atoms with Gasteiger partial charge in [-0.1, -0.05) is 6.07 Å². The molecule has 0 saturated carbocycles. The van der Waals surface area contributed by atoms with E-state index >= 15 is 0 Å². The van der Waals surface area contributed by atoms with Gasteiger partial charge < -0.3 is 20.4 Å². The second-order valence-electron chi connectivity index (χ2n) is 5.30. The van der Waals surface area contributed by atoms with Crippen LogP contribution in [0.3, 0.4) is 0 Å². The number of methoxy groups -OCH3 is 1. The summed E-state index contributed by atoms with van der Waals surface area (Å²) in [5, 5.41) is 3.46. The number of ether oxygens (including phenoxy) is 1. The lowest BCUT2D eigenvalue weighted by Gasteiger charge is -2.13. The number of benzene rings is 1. The maximum Gasteiger partial charge on any atom is 0.250 e. The van der Waals surface area contributed by atoms with Crippen molar-refractivity contribution in [2.75, 3.05) is 20.3 Å². The summed E-state index contributed by atoms with van der Waals surface area (Å²) in [5.41, 5.74) is 7.56. The van der Waals surface area contributed by atoms with E-state index in [0.29, 0.717) is 24.2 Å². The van der Waals surface area contributed by atoms with Gasteiger partial charge in [0.1, 0.15) is 11.3 Å². The molecule has 1 atom stereocenters. The highest BCUT2D eigenvalue weighted by molar-refractivity contribution is 6.04. The van der Waals surface area contributed by atoms with Crippen molar-refractivity contribution in [2.45, 2.75) is 25.4 Å². The number of hydrogen-bond acceptors (Lipinski definition) is 4. The molecule has 1 aromatic heterocycles.